The van der Waals surface area contributed by atoms with Gasteiger partial charge in [-0.05, 0) is 42.9 Å². The van der Waals surface area contributed by atoms with Gasteiger partial charge in [0.05, 0.1) is 6.10 Å². The molecule has 0 amide bonds. The van der Waals surface area contributed by atoms with Crippen molar-refractivity contribution >= 4 is 0 Å². The van der Waals surface area contributed by atoms with Crippen molar-refractivity contribution < 1.29 is 9.13 Å². The van der Waals surface area contributed by atoms with Crippen LogP contribution in [0.1, 0.15) is 36.4 Å². The summed E-state index contributed by atoms with van der Waals surface area (Å²) in [6.07, 6.45) is 4.46. The van der Waals surface area contributed by atoms with Gasteiger partial charge in [0, 0.05) is 19.2 Å². The normalized spacial score (nSPS) is 31.1. The second kappa shape index (κ2) is 4.39. The van der Waals surface area contributed by atoms with Crippen molar-refractivity contribution in [3.8, 4) is 0 Å². The molecule has 0 aliphatic heterocycles. The number of methoxy groups -OCH3 is 1. The van der Waals surface area contributed by atoms with E-state index in [2.05, 4.69) is 11.4 Å². The lowest BCUT2D eigenvalue weighted by Gasteiger charge is -2.36. The molecule has 1 atom stereocenters. The molecule has 2 nitrogen and oxygen atoms in total. The van der Waals surface area contributed by atoms with Gasteiger partial charge >= 0.3 is 0 Å². The summed E-state index contributed by atoms with van der Waals surface area (Å²) in [6, 6.07) is 6.30. The van der Waals surface area contributed by atoms with Crippen molar-refractivity contribution in [3.63, 3.8) is 0 Å². The number of hydrogen-bond donors (Lipinski definition) is 1. The van der Waals surface area contributed by atoms with Crippen LogP contribution in [-0.2, 0) is 11.2 Å². The fourth-order valence-electron chi connectivity index (χ4n) is 2.96. The van der Waals surface area contributed by atoms with Crippen LogP contribution in [0, 0.1) is 5.82 Å². The number of hydrogen-bond acceptors (Lipinski definition) is 2. The van der Waals surface area contributed by atoms with Crippen molar-refractivity contribution in [2.45, 2.75) is 43.9 Å². The molecule has 1 aromatic rings. The highest BCUT2D eigenvalue weighted by Crippen LogP contribution is 2.35. The minimum atomic E-state index is -0.0461. The Kier molecular flexibility index (Phi) is 2.89. The van der Waals surface area contributed by atoms with Crippen molar-refractivity contribution in [1.29, 1.82) is 0 Å². The maximum absolute atomic E-state index is 13.6. The third kappa shape index (κ3) is 1.98. The summed E-state index contributed by atoms with van der Waals surface area (Å²) >= 11 is 0. The minimum Gasteiger partial charge on any atom is -0.381 e. The first-order valence-electron chi connectivity index (χ1n) is 6.34. The number of nitrogens with one attached hydrogen (secondary N) is 1. The summed E-state index contributed by atoms with van der Waals surface area (Å²) in [5.41, 5.74) is 2.07. The molecule has 1 unspecified atom stereocenters. The summed E-state index contributed by atoms with van der Waals surface area (Å²) in [4.78, 5) is 0. The lowest BCUT2D eigenvalue weighted by molar-refractivity contribution is 0.0141. The van der Waals surface area contributed by atoms with Gasteiger partial charge in [0.1, 0.15) is 5.82 Å². The van der Waals surface area contributed by atoms with Crippen LogP contribution in [0.4, 0.5) is 4.39 Å². The molecule has 0 bridgehead atoms. The monoisotopic (exact) mass is 235 g/mol. The maximum atomic E-state index is 13.6. The SMILES string of the molecule is COC1CC(NC2CCc3c(F)cccc32)C1. The van der Waals surface area contributed by atoms with Gasteiger partial charge in [0.15, 0.2) is 0 Å². The maximum Gasteiger partial charge on any atom is 0.126 e. The number of rotatable bonds is 3. The van der Waals surface area contributed by atoms with Crippen LogP contribution in [-0.4, -0.2) is 19.3 Å². The van der Waals surface area contributed by atoms with Crippen LogP contribution in [0.3, 0.4) is 0 Å². The van der Waals surface area contributed by atoms with E-state index in [-0.39, 0.29) is 5.82 Å². The molecule has 0 aromatic heterocycles. The molecule has 0 saturated heterocycles. The minimum absolute atomic E-state index is 0.0461. The molecule has 1 saturated carbocycles. The topological polar surface area (TPSA) is 21.3 Å². The van der Waals surface area contributed by atoms with E-state index in [0.29, 0.717) is 18.2 Å². The van der Waals surface area contributed by atoms with Gasteiger partial charge in [-0.25, -0.2) is 4.39 Å². The Morgan fingerprint density at radius 1 is 1.35 bits per heavy atom. The third-order valence-corrected chi connectivity index (χ3v) is 4.08. The standard InChI is InChI=1S/C14H18FNO/c1-17-10-7-9(8-10)16-14-6-5-11-12(14)3-2-4-13(11)15/h2-4,9-10,14,16H,5-8H2,1H3. The van der Waals surface area contributed by atoms with Crippen molar-refractivity contribution in [2.24, 2.45) is 0 Å². The van der Waals surface area contributed by atoms with Crippen LogP contribution >= 0.6 is 0 Å². The summed E-state index contributed by atoms with van der Waals surface area (Å²) in [6.45, 7) is 0. The van der Waals surface area contributed by atoms with E-state index in [1.165, 1.54) is 0 Å². The molecule has 0 heterocycles. The van der Waals surface area contributed by atoms with E-state index >= 15 is 0 Å². The number of fused-ring (bicyclic) bond motifs is 1. The van der Waals surface area contributed by atoms with Crippen LogP contribution in [0.5, 0.6) is 0 Å². The summed E-state index contributed by atoms with van der Waals surface area (Å²) in [7, 11) is 1.77. The second-order valence-corrected chi connectivity index (χ2v) is 5.09. The first-order chi connectivity index (χ1) is 8.28. The molecule has 2 aliphatic carbocycles. The van der Waals surface area contributed by atoms with Crippen molar-refractivity contribution in [3.05, 3.63) is 35.1 Å². The predicted molar refractivity (Wildman–Crippen MR) is 64.4 cm³/mol. The lowest BCUT2D eigenvalue weighted by atomic mass is 9.88. The predicted octanol–water partition coefficient (Wildman–Crippen LogP) is 2.58. The number of ether oxygens (including phenoxy) is 1. The molecule has 0 radical (unpaired) electrons. The molecule has 1 aromatic carbocycles. The van der Waals surface area contributed by atoms with Crippen molar-refractivity contribution in [2.75, 3.05) is 7.11 Å². The Morgan fingerprint density at radius 2 is 2.18 bits per heavy atom. The lowest BCUT2D eigenvalue weighted by Crippen LogP contribution is -2.46. The van der Waals surface area contributed by atoms with E-state index < -0.39 is 0 Å². The Balaban J connectivity index is 1.66. The fourth-order valence-corrected chi connectivity index (χ4v) is 2.96. The molecule has 2 aliphatic rings. The Labute approximate surface area is 101 Å². The average molecular weight is 235 g/mol. The molecule has 92 valence electrons. The highest BCUT2D eigenvalue weighted by atomic mass is 19.1. The zero-order valence-corrected chi connectivity index (χ0v) is 10.1. The Hall–Kier alpha value is -0.930. The first-order valence-corrected chi connectivity index (χ1v) is 6.34. The molecule has 3 heteroatoms. The average Bonchev–Trinajstić information content (AvgIpc) is 2.68. The summed E-state index contributed by atoms with van der Waals surface area (Å²) < 4.78 is 18.8. The molecular formula is C14H18FNO. The van der Waals surface area contributed by atoms with Crippen LogP contribution in [0.25, 0.3) is 0 Å². The highest BCUT2D eigenvalue weighted by Gasteiger charge is 2.33. The fraction of sp³-hybridized carbons (Fsp3) is 0.571. The molecule has 3 rings (SSSR count). The van der Waals surface area contributed by atoms with Gasteiger partial charge < -0.3 is 10.1 Å². The zero-order valence-electron chi connectivity index (χ0n) is 10.1. The second-order valence-electron chi connectivity index (χ2n) is 5.09. The quantitative estimate of drug-likeness (QED) is 0.869. The van der Waals surface area contributed by atoms with Gasteiger partial charge in [0.2, 0.25) is 0 Å². The van der Waals surface area contributed by atoms with Crippen LogP contribution < -0.4 is 5.32 Å². The van der Waals surface area contributed by atoms with Crippen LogP contribution in [0.15, 0.2) is 18.2 Å². The van der Waals surface area contributed by atoms with Crippen LogP contribution in [0.2, 0.25) is 0 Å². The van der Waals surface area contributed by atoms with Gasteiger partial charge in [-0.3, -0.25) is 0 Å². The van der Waals surface area contributed by atoms with Gasteiger partial charge in [-0.1, -0.05) is 12.1 Å². The molecule has 1 N–H and O–H groups in total. The van der Waals surface area contributed by atoms with E-state index in [0.717, 1.165) is 36.8 Å². The van der Waals surface area contributed by atoms with E-state index in [1.54, 1.807) is 13.2 Å². The largest absolute Gasteiger partial charge is 0.381 e. The zero-order chi connectivity index (χ0) is 11.8. The molecule has 17 heavy (non-hydrogen) atoms. The van der Waals surface area contributed by atoms with Gasteiger partial charge in [0.25, 0.3) is 0 Å². The smallest absolute Gasteiger partial charge is 0.126 e. The number of benzene rings is 1. The Bertz CT molecular complexity index is 415. The third-order valence-electron chi connectivity index (χ3n) is 4.08. The Morgan fingerprint density at radius 3 is 2.94 bits per heavy atom. The molecular weight excluding hydrogens is 217 g/mol. The van der Waals surface area contributed by atoms with E-state index in [4.69, 9.17) is 4.74 Å². The summed E-state index contributed by atoms with van der Waals surface area (Å²) in [5, 5.41) is 3.62. The van der Waals surface area contributed by atoms with Crippen molar-refractivity contribution in [1.82, 2.24) is 5.32 Å². The summed E-state index contributed by atoms with van der Waals surface area (Å²) in [5.74, 6) is -0.0461. The number of halogens is 1. The van der Waals surface area contributed by atoms with E-state index in [9.17, 15) is 4.39 Å². The highest BCUT2D eigenvalue weighted by molar-refractivity contribution is 5.35. The van der Waals surface area contributed by atoms with Gasteiger partial charge in [-0.2, -0.15) is 0 Å². The molecule has 1 fully saturated rings. The van der Waals surface area contributed by atoms with Gasteiger partial charge in [-0.15, -0.1) is 0 Å². The molecule has 0 spiro atoms. The van der Waals surface area contributed by atoms with E-state index in [1.807, 2.05) is 6.07 Å². The first kappa shape index (κ1) is 11.2.